The van der Waals surface area contributed by atoms with Crippen LogP contribution in [-0.4, -0.2) is 12.6 Å². The third-order valence-electron chi connectivity index (χ3n) is 2.19. The summed E-state index contributed by atoms with van der Waals surface area (Å²) in [4.78, 5) is 11.1. The molecule has 0 fully saturated rings. The topological polar surface area (TPSA) is 52.3 Å². The summed E-state index contributed by atoms with van der Waals surface area (Å²) in [6, 6.07) is 3.72. The minimum absolute atomic E-state index is 0.341. The molecule has 0 saturated heterocycles. The lowest BCUT2D eigenvalue weighted by atomic mass is 10.0. The van der Waals surface area contributed by atoms with Crippen LogP contribution in [0.4, 0.5) is 5.69 Å². The molecule has 84 valence electrons. The van der Waals surface area contributed by atoms with Gasteiger partial charge in [-0.1, -0.05) is 5.92 Å². The van der Waals surface area contributed by atoms with Gasteiger partial charge in [0.2, 0.25) is 0 Å². The van der Waals surface area contributed by atoms with Gasteiger partial charge in [0.15, 0.2) is 0 Å². The Morgan fingerprint density at radius 1 is 1.38 bits per heavy atom. The highest BCUT2D eigenvalue weighted by atomic mass is 16.5. The fourth-order valence-electron chi connectivity index (χ4n) is 1.26. The summed E-state index contributed by atoms with van der Waals surface area (Å²) in [6.45, 7) is 5.90. The van der Waals surface area contributed by atoms with E-state index in [0.29, 0.717) is 6.61 Å². The van der Waals surface area contributed by atoms with E-state index >= 15 is 0 Å². The second-order valence-electron chi connectivity index (χ2n) is 3.49. The van der Waals surface area contributed by atoms with Crippen molar-refractivity contribution in [1.29, 1.82) is 0 Å². The van der Waals surface area contributed by atoms with Crippen LogP contribution in [0.15, 0.2) is 12.1 Å². The van der Waals surface area contributed by atoms with Gasteiger partial charge in [0.1, 0.15) is 0 Å². The molecule has 0 aromatic heterocycles. The van der Waals surface area contributed by atoms with E-state index in [4.69, 9.17) is 10.5 Å². The van der Waals surface area contributed by atoms with Crippen LogP contribution in [0.5, 0.6) is 0 Å². The van der Waals surface area contributed by atoms with E-state index in [-0.39, 0.29) is 0 Å². The van der Waals surface area contributed by atoms with Crippen molar-refractivity contribution < 1.29 is 9.53 Å². The first-order valence-electron chi connectivity index (χ1n) is 5.10. The van der Waals surface area contributed by atoms with Crippen LogP contribution in [-0.2, 0) is 9.53 Å². The van der Waals surface area contributed by atoms with Crippen molar-refractivity contribution in [2.75, 3.05) is 12.3 Å². The van der Waals surface area contributed by atoms with Crippen molar-refractivity contribution in [3.63, 3.8) is 0 Å². The Kier molecular flexibility index (Phi) is 3.96. The highest BCUT2D eigenvalue weighted by Gasteiger charge is 2.00. The van der Waals surface area contributed by atoms with Crippen molar-refractivity contribution in [3.05, 3.63) is 28.8 Å². The average Bonchev–Trinajstić information content (AvgIpc) is 2.22. The van der Waals surface area contributed by atoms with E-state index in [2.05, 4.69) is 11.8 Å². The fraction of sp³-hybridized carbons (Fsp3) is 0.308. The first-order valence-corrected chi connectivity index (χ1v) is 5.10. The number of nitrogen functional groups attached to an aromatic ring is 1. The van der Waals surface area contributed by atoms with E-state index in [1.165, 1.54) is 0 Å². The standard InChI is InChI=1S/C13H15NO2/c1-4-16-13(15)6-5-11-7-10(3)12(14)8-9(11)2/h7-8H,4,14H2,1-3H3. The summed E-state index contributed by atoms with van der Waals surface area (Å²) in [5.41, 5.74) is 9.21. The second kappa shape index (κ2) is 5.22. The lowest BCUT2D eigenvalue weighted by Gasteiger charge is -2.03. The number of hydrogen-bond donors (Lipinski definition) is 1. The molecule has 0 aliphatic carbocycles. The van der Waals surface area contributed by atoms with Gasteiger partial charge in [-0.25, -0.2) is 4.79 Å². The Morgan fingerprint density at radius 3 is 2.69 bits per heavy atom. The van der Waals surface area contributed by atoms with Crippen molar-refractivity contribution >= 4 is 11.7 Å². The molecule has 0 unspecified atom stereocenters. The van der Waals surface area contributed by atoms with Crippen LogP contribution in [0.3, 0.4) is 0 Å². The molecule has 16 heavy (non-hydrogen) atoms. The van der Waals surface area contributed by atoms with Crippen LogP contribution in [0.25, 0.3) is 0 Å². The van der Waals surface area contributed by atoms with Gasteiger partial charge >= 0.3 is 5.97 Å². The summed E-state index contributed by atoms with van der Waals surface area (Å²) in [6.07, 6.45) is 0. The Morgan fingerprint density at radius 2 is 2.06 bits per heavy atom. The molecule has 0 spiro atoms. The van der Waals surface area contributed by atoms with E-state index in [1.54, 1.807) is 6.92 Å². The number of benzene rings is 1. The zero-order valence-corrected chi connectivity index (χ0v) is 9.76. The first-order chi connectivity index (χ1) is 7.54. The summed E-state index contributed by atoms with van der Waals surface area (Å²) in [7, 11) is 0. The number of esters is 1. The third kappa shape index (κ3) is 3.03. The molecule has 0 amide bonds. The molecule has 1 aromatic carbocycles. The lowest BCUT2D eigenvalue weighted by Crippen LogP contribution is -2.00. The van der Waals surface area contributed by atoms with Crippen LogP contribution < -0.4 is 5.73 Å². The maximum Gasteiger partial charge on any atom is 0.384 e. The number of anilines is 1. The highest BCUT2D eigenvalue weighted by molar-refractivity contribution is 5.89. The average molecular weight is 217 g/mol. The van der Waals surface area contributed by atoms with Gasteiger partial charge in [0.05, 0.1) is 6.61 Å². The normalized spacial score (nSPS) is 9.19. The fourth-order valence-corrected chi connectivity index (χ4v) is 1.26. The van der Waals surface area contributed by atoms with E-state index in [9.17, 15) is 4.79 Å². The molecule has 0 heterocycles. The van der Waals surface area contributed by atoms with Crippen LogP contribution in [0, 0.1) is 25.7 Å². The van der Waals surface area contributed by atoms with Gasteiger partial charge in [-0.3, -0.25) is 0 Å². The molecule has 0 aliphatic rings. The minimum atomic E-state index is -0.503. The highest BCUT2D eigenvalue weighted by Crippen LogP contribution is 2.16. The summed E-state index contributed by atoms with van der Waals surface area (Å²) >= 11 is 0. The predicted octanol–water partition coefficient (Wildman–Crippen LogP) is 1.80. The largest absolute Gasteiger partial charge is 0.456 e. The van der Waals surface area contributed by atoms with Crippen molar-refractivity contribution in [2.24, 2.45) is 0 Å². The second-order valence-corrected chi connectivity index (χ2v) is 3.49. The van der Waals surface area contributed by atoms with E-state index < -0.39 is 5.97 Å². The monoisotopic (exact) mass is 217 g/mol. The minimum Gasteiger partial charge on any atom is -0.456 e. The van der Waals surface area contributed by atoms with Crippen LogP contribution >= 0.6 is 0 Å². The van der Waals surface area contributed by atoms with Gasteiger partial charge < -0.3 is 10.5 Å². The lowest BCUT2D eigenvalue weighted by molar-refractivity contribution is -0.136. The Hall–Kier alpha value is -1.95. The number of carbonyl (C=O) groups excluding carboxylic acids is 1. The molecule has 3 nitrogen and oxygen atoms in total. The van der Waals surface area contributed by atoms with Crippen LogP contribution in [0.1, 0.15) is 23.6 Å². The SMILES string of the molecule is CCOC(=O)C#Cc1cc(C)c(N)cc1C. The summed E-state index contributed by atoms with van der Waals surface area (Å²) < 4.78 is 4.72. The molecule has 3 heteroatoms. The molecule has 1 rings (SSSR count). The predicted molar refractivity (Wildman–Crippen MR) is 63.8 cm³/mol. The molecule has 0 saturated carbocycles. The van der Waals surface area contributed by atoms with Crippen LogP contribution in [0.2, 0.25) is 0 Å². The maximum absolute atomic E-state index is 11.1. The van der Waals surface area contributed by atoms with Gasteiger partial charge in [-0.05, 0) is 44.0 Å². The maximum atomic E-state index is 11.1. The first kappa shape index (κ1) is 12.1. The van der Waals surface area contributed by atoms with Gasteiger partial charge in [-0.15, -0.1) is 0 Å². The number of carbonyl (C=O) groups is 1. The number of nitrogens with two attached hydrogens (primary N) is 1. The van der Waals surface area contributed by atoms with E-state index in [0.717, 1.165) is 22.4 Å². The zero-order chi connectivity index (χ0) is 12.1. The zero-order valence-electron chi connectivity index (χ0n) is 9.76. The Labute approximate surface area is 95.6 Å². The molecular formula is C13H15NO2. The molecular weight excluding hydrogens is 202 g/mol. The Bertz CT molecular complexity index is 467. The number of rotatable bonds is 1. The molecule has 1 aromatic rings. The van der Waals surface area contributed by atoms with Crippen molar-refractivity contribution in [1.82, 2.24) is 0 Å². The van der Waals surface area contributed by atoms with Gasteiger partial charge in [-0.2, -0.15) is 0 Å². The van der Waals surface area contributed by atoms with Crippen molar-refractivity contribution in [3.8, 4) is 11.8 Å². The van der Waals surface area contributed by atoms with Crippen molar-refractivity contribution in [2.45, 2.75) is 20.8 Å². The molecule has 0 radical (unpaired) electrons. The summed E-state index contributed by atoms with van der Waals surface area (Å²) in [5, 5.41) is 0. The van der Waals surface area contributed by atoms with Gasteiger partial charge in [0, 0.05) is 17.2 Å². The number of ether oxygens (including phenoxy) is 1. The molecule has 0 aliphatic heterocycles. The quantitative estimate of drug-likeness (QED) is 0.443. The molecule has 0 bridgehead atoms. The smallest absolute Gasteiger partial charge is 0.384 e. The Balaban J connectivity index is 2.97. The molecule has 2 N–H and O–H groups in total. The third-order valence-corrected chi connectivity index (χ3v) is 2.19. The van der Waals surface area contributed by atoms with Gasteiger partial charge in [0.25, 0.3) is 0 Å². The van der Waals surface area contributed by atoms with E-state index in [1.807, 2.05) is 26.0 Å². The summed E-state index contributed by atoms with van der Waals surface area (Å²) in [5.74, 6) is 4.72. The number of hydrogen-bond acceptors (Lipinski definition) is 3. The molecule has 0 atom stereocenters. The number of aryl methyl sites for hydroxylation is 2.